The number of thiazole rings is 1. The van der Waals surface area contributed by atoms with Gasteiger partial charge in [0.05, 0.1) is 5.69 Å². The van der Waals surface area contributed by atoms with E-state index in [-0.39, 0.29) is 5.82 Å². The summed E-state index contributed by atoms with van der Waals surface area (Å²) in [6.07, 6.45) is 1.57. The third kappa shape index (κ3) is 3.93. The topological polar surface area (TPSA) is 48.7 Å². The Kier molecular flexibility index (Phi) is 4.92. The Balaban J connectivity index is 1.85. The first-order valence-corrected chi connectivity index (χ1v) is 8.60. The highest BCUT2D eigenvalue weighted by Crippen LogP contribution is 2.26. The van der Waals surface area contributed by atoms with E-state index in [0.29, 0.717) is 16.3 Å². The minimum Gasteiger partial charge on any atom is -0.360 e. The smallest absolute Gasteiger partial charge is 0.136 e. The SMILES string of the molecule is Cc1ccc(-c2csc(C(C#N)=CNc3cc(F)ccc3C)n2)cc1. The van der Waals surface area contributed by atoms with Crippen LogP contribution in [0.5, 0.6) is 0 Å². The van der Waals surface area contributed by atoms with E-state index in [2.05, 4.69) is 16.4 Å². The fourth-order valence-corrected chi connectivity index (χ4v) is 3.09. The zero-order chi connectivity index (χ0) is 17.8. The van der Waals surface area contributed by atoms with Gasteiger partial charge in [-0.15, -0.1) is 11.3 Å². The van der Waals surface area contributed by atoms with Gasteiger partial charge in [-0.05, 0) is 31.5 Å². The number of halogens is 1. The van der Waals surface area contributed by atoms with Crippen LogP contribution in [0.3, 0.4) is 0 Å². The monoisotopic (exact) mass is 349 g/mol. The number of allylic oxidation sites excluding steroid dienone is 1. The van der Waals surface area contributed by atoms with Gasteiger partial charge in [-0.1, -0.05) is 35.9 Å². The first kappa shape index (κ1) is 16.9. The summed E-state index contributed by atoms with van der Waals surface area (Å²) >= 11 is 1.41. The van der Waals surface area contributed by atoms with E-state index in [9.17, 15) is 9.65 Å². The van der Waals surface area contributed by atoms with Crippen molar-refractivity contribution >= 4 is 22.6 Å². The lowest BCUT2D eigenvalue weighted by molar-refractivity contribution is 0.628. The molecule has 0 saturated carbocycles. The van der Waals surface area contributed by atoms with E-state index < -0.39 is 0 Å². The number of nitrogens with one attached hydrogen (secondary N) is 1. The Morgan fingerprint density at radius 2 is 1.96 bits per heavy atom. The molecule has 5 heteroatoms. The lowest BCUT2D eigenvalue weighted by Crippen LogP contribution is -1.94. The van der Waals surface area contributed by atoms with Gasteiger partial charge in [0, 0.05) is 22.8 Å². The number of rotatable bonds is 4. The van der Waals surface area contributed by atoms with Crippen molar-refractivity contribution in [1.29, 1.82) is 5.26 Å². The first-order valence-electron chi connectivity index (χ1n) is 7.73. The van der Waals surface area contributed by atoms with Crippen molar-refractivity contribution in [2.45, 2.75) is 13.8 Å². The van der Waals surface area contributed by atoms with Crippen LogP contribution < -0.4 is 5.32 Å². The van der Waals surface area contributed by atoms with Crippen molar-refractivity contribution in [2.24, 2.45) is 0 Å². The first-order chi connectivity index (χ1) is 12.1. The largest absolute Gasteiger partial charge is 0.360 e. The molecule has 0 amide bonds. The summed E-state index contributed by atoms with van der Waals surface area (Å²) < 4.78 is 13.4. The number of aromatic nitrogens is 1. The number of hydrogen-bond donors (Lipinski definition) is 1. The van der Waals surface area contributed by atoms with Gasteiger partial charge in [-0.3, -0.25) is 0 Å². The zero-order valence-electron chi connectivity index (χ0n) is 13.9. The summed E-state index contributed by atoms with van der Waals surface area (Å²) in [5, 5.41) is 15.0. The molecule has 3 aromatic rings. The van der Waals surface area contributed by atoms with Gasteiger partial charge in [0.1, 0.15) is 22.5 Å². The molecule has 3 nitrogen and oxygen atoms in total. The maximum atomic E-state index is 13.4. The molecule has 2 aromatic carbocycles. The normalized spacial score (nSPS) is 11.2. The van der Waals surface area contributed by atoms with Crippen LogP contribution in [0.1, 0.15) is 16.1 Å². The average Bonchev–Trinajstić information content (AvgIpc) is 3.09. The zero-order valence-corrected chi connectivity index (χ0v) is 14.7. The van der Waals surface area contributed by atoms with Crippen LogP contribution in [0.4, 0.5) is 10.1 Å². The Morgan fingerprint density at radius 3 is 2.68 bits per heavy atom. The molecule has 0 aliphatic rings. The Bertz CT molecular complexity index is 965. The van der Waals surface area contributed by atoms with Gasteiger partial charge in [0.15, 0.2) is 0 Å². The van der Waals surface area contributed by atoms with Gasteiger partial charge in [0.2, 0.25) is 0 Å². The second-order valence-corrected chi connectivity index (χ2v) is 6.54. The van der Waals surface area contributed by atoms with E-state index in [1.165, 1.54) is 29.0 Å². The van der Waals surface area contributed by atoms with Gasteiger partial charge >= 0.3 is 0 Å². The average molecular weight is 349 g/mol. The van der Waals surface area contributed by atoms with E-state index in [1.54, 1.807) is 12.3 Å². The van der Waals surface area contributed by atoms with Gasteiger partial charge < -0.3 is 5.32 Å². The summed E-state index contributed by atoms with van der Waals surface area (Å²) in [6.45, 7) is 3.91. The molecule has 0 radical (unpaired) electrons. The fourth-order valence-electron chi connectivity index (χ4n) is 2.30. The van der Waals surface area contributed by atoms with Gasteiger partial charge in [-0.25, -0.2) is 9.37 Å². The second kappa shape index (κ2) is 7.29. The lowest BCUT2D eigenvalue weighted by atomic mass is 10.1. The number of nitrogens with zero attached hydrogens (tertiary/aromatic N) is 2. The highest BCUT2D eigenvalue weighted by molar-refractivity contribution is 7.11. The molecule has 1 aromatic heterocycles. The molecule has 0 unspecified atom stereocenters. The third-order valence-corrected chi connectivity index (χ3v) is 4.65. The Hall–Kier alpha value is -2.97. The Labute approximate surface area is 150 Å². The maximum Gasteiger partial charge on any atom is 0.136 e. The molecule has 0 aliphatic heterocycles. The summed E-state index contributed by atoms with van der Waals surface area (Å²) in [5.41, 5.74) is 4.97. The highest BCUT2D eigenvalue weighted by Gasteiger charge is 2.09. The molecular formula is C20H16FN3S. The quantitative estimate of drug-likeness (QED) is 0.629. The molecular weight excluding hydrogens is 333 g/mol. The minimum atomic E-state index is -0.323. The summed E-state index contributed by atoms with van der Waals surface area (Å²) in [5.74, 6) is -0.323. The molecule has 124 valence electrons. The highest BCUT2D eigenvalue weighted by atomic mass is 32.1. The second-order valence-electron chi connectivity index (χ2n) is 5.68. The molecule has 1 heterocycles. The van der Waals surface area contributed by atoms with Crippen LogP contribution >= 0.6 is 11.3 Å². The van der Waals surface area contributed by atoms with Gasteiger partial charge in [0.25, 0.3) is 0 Å². The molecule has 1 N–H and O–H groups in total. The number of anilines is 1. The third-order valence-electron chi connectivity index (χ3n) is 3.77. The van der Waals surface area contributed by atoms with Crippen LogP contribution in [0.25, 0.3) is 16.8 Å². The van der Waals surface area contributed by atoms with E-state index in [0.717, 1.165) is 16.8 Å². The van der Waals surface area contributed by atoms with Crippen molar-refractivity contribution in [3.05, 3.63) is 76.0 Å². The van der Waals surface area contributed by atoms with Crippen LogP contribution in [0, 0.1) is 31.0 Å². The van der Waals surface area contributed by atoms with Crippen LogP contribution in [0.2, 0.25) is 0 Å². The van der Waals surface area contributed by atoms with E-state index >= 15 is 0 Å². The van der Waals surface area contributed by atoms with Crippen LogP contribution in [-0.2, 0) is 0 Å². The van der Waals surface area contributed by atoms with Crippen LogP contribution in [0.15, 0.2) is 54.0 Å². The summed E-state index contributed by atoms with van der Waals surface area (Å²) in [6, 6.07) is 14.7. The molecule has 0 aliphatic carbocycles. The van der Waals surface area contributed by atoms with E-state index in [1.807, 2.05) is 43.5 Å². The molecule has 0 fully saturated rings. The standard InChI is InChI=1S/C20H16FN3S/c1-13-3-6-15(7-4-13)19-12-25-20(24-19)16(10-22)11-23-18-9-17(21)8-5-14(18)2/h3-9,11-12,23H,1-2H3. The fraction of sp³-hybridized carbons (Fsp3) is 0.100. The molecule has 0 atom stereocenters. The predicted octanol–water partition coefficient (Wildman–Crippen LogP) is 5.54. The summed E-state index contributed by atoms with van der Waals surface area (Å²) in [4.78, 5) is 4.55. The molecule has 3 rings (SSSR count). The molecule has 0 spiro atoms. The number of aryl methyl sites for hydroxylation is 2. The van der Waals surface area contributed by atoms with Crippen molar-refractivity contribution in [1.82, 2.24) is 4.98 Å². The van der Waals surface area contributed by atoms with Crippen LogP contribution in [-0.4, -0.2) is 4.98 Å². The number of nitriles is 1. The maximum absolute atomic E-state index is 13.4. The molecule has 0 saturated heterocycles. The van der Waals surface area contributed by atoms with Gasteiger partial charge in [-0.2, -0.15) is 5.26 Å². The predicted molar refractivity (Wildman–Crippen MR) is 101 cm³/mol. The Morgan fingerprint density at radius 1 is 1.20 bits per heavy atom. The van der Waals surface area contributed by atoms with Crippen molar-refractivity contribution in [3.8, 4) is 17.3 Å². The van der Waals surface area contributed by atoms with E-state index in [4.69, 9.17) is 0 Å². The van der Waals surface area contributed by atoms with Crippen molar-refractivity contribution < 1.29 is 4.39 Å². The van der Waals surface area contributed by atoms with Crippen molar-refractivity contribution in [3.63, 3.8) is 0 Å². The number of hydrogen-bond acceptors (Lipinski definition) is 4. The lowest BCUT2D eigenvalue weighted by Gasteiger charge is -2.05. The molecule has 25 heavy (non-hydrogen) atoms. The van der Waals surface area contributed by atoms with Crippen molar-refractivity contribution in [2.75, 3.05) is 5.32 Å². The minimum absolute atomic E-state index is 0.323. The molecule has 0 bridgehead atoms. The summed E-state index contributed by atoms with van der Waals surface area (Å²) in [7, 11) is 0. The number of benzene rings is 2.